The third kappa shape index (κ3) is 3.84. The van der Waals surface area contributed by atoms with Crippen LogP contribution in [0.3, 0.4) is 0 Å². The first-order valence-electron chi connectivity index (χ1n) is 10.1. The smallest absolute Gasteiger partial charge is 0.249 e. The maximum Gasteiger partial charge on any atom is 0.249 e. The maximum atomic E-state index is 12.3. The van der Waals surface area contributed by atoms with Crippen LogP contribution in [-0.2, 0) is 9.63 Å². The molecular formula is C22H24N4O5. The summed E-state index contributed by atoms with van der Waals surface area (Å²) in [5.41, 5.74) is 10.7. The molecule has 1 unspecified atom stereocenters. The van der Waals surface area contributed by atoms with E-state index < -0.39 is 23.8 Å². The normalized spacial score (nSPS) is 22.5. The van der Waals surface area contributed by atoms with E-state index in [0.29, 0.717) is 36.1 Å². The topological polar surface area (TPSA) is 136 Å². The van der Waals surface area contributed by atoms with Crippen molar-refractivity contribution < 1.29 is 24.4 Å². The fourth-order valence-electron chi connectivity index (χ4n) is 4.64. The Hall–Kier alpha value is -3.46. The van der Waals surface area contributed by atoms with Crippen molar-refractivity contribution in [1.82, 2.24) is 10.5 Å². The Morgan fingerprint density at radius 3 is 2.68 bits per heavy atom. The number of rotatable bonds is 6. The van der Waals surface area contributed by atoms with Gasteiger partial charge in [0.1, 0.15) is 5.75 Å². The first-order chi connectivity index (χ1) is 15.0. The molecule has 4 N–H and O–H groups in total. The van der Waals surface area contributed by atoms with E-state index in [1.54, 1.807) is 30.0 Å². The summed E-state index contributed by atoms with van der Waals surface area (Å²) in [4.78, 5) is 34.2. The number of oxime groups is 1. The average Bonchev–Trinajstić information content (AvgIpc) is 3.48. The lowest BCUT2D eigenvalue weighted by Crippen LogP contribution is -2.30. The van der Waals surface area contributed by atoms with Gasteiger partial charge in [-0.05, 0) is 37.0 Å². The zero-order valence-electron chi connectivity index (χ0n) is 17.1. The zero-order chi connectivity index (χ0) is 22.0. The Balaban J connectivity index is 1.73. The van der Waals surface area contributed by atoms with Crippen molar-refractivity contribution in [1.29, 1.82) is 0 Å². The molecule has 2 amide bonds. The Labute approximate surface area is 179 Å². The van der Waals surface area contributed by atoms with Crippen LogP contribution in [0, 0.1) is 5.92 Å². The standard InChI is InChI=1S/C22H24N4O5/c1-30-20-15(18-11-17(26-31-18)12-7-9-24-10-8-12)5-6-16(21(23)27)19(20)13-3-2-4-14(13)22(28)25-29/h5-10,13-14,18,29H,2-4,11H2,1H3,(H2,23,27)(H,25,28)/t13-,14+,18?/m1/s1. The van der Waals surface area contributed by atoms with Crippen molar-refractivity contribution in [3.63, 3.8) is 0 Å². The van der Waals surface area contributed by atoms with Gasteiger partial charge in [-0.25, -0.2) is 5.48 Å². The maximum absolute atomic E-state index is 12.3. The van der Waals surface area contributed by atoms with E-state index in [9.17, 15) is 9.59 Å². The summed E-state index contributed by atoms with van der Waals surface area (Å²) in [5, 5.41) is 13.4. The Morgan fingerprint density at radius 1 is 1.23 bits per heavy atom. The van der Waals surface area contributed by atoms with Crippen LogP contribution in [0.5, 0.6) is 5.75 Å². The van der Waals surface area contributed by atoms with Crippen molar-refractivity contribution in [3.05, 3.63) is 58.9 Å². The number of carbonyl (C=O) groups is 2. The van der Waals surface area contributed by atoms with Crippen LogP contribution in [0.4, 0.5) is 0 Å². The average molecular weight is 424 g/mol. The number of carbonyl (C=O) groups excluding carboxylic acids is 2. The van der Waals surface area contributed by atoms with E-state index in [0.717, 1.165) is 23.3 Å². The minimum Gasteiger partial charge on any atom is -0.496 e. The van der Waals surface area contributed by atoms with Crippen LogP contribution in [0.2, 0.25) is 0 Å². The molecule has 0 saturated heterocycles. The molecule has 9 heteroatoms. The molecule has 4 rings (SSSR count). The molecule has 2 heterocycles. The van der Waals surface area contributed by atoms with Gasteiger partial charge in [0, 0.05) is 47.0 Å². The van der Waals surface area contributed by atoms with E-state index in [4.69, 9.17) is 20.5 Å². The molecule has 31 heavy (non-hydrogen) atoms. The minimum absolute atomic E-state index is 0.302. The van der Waals surface area contributed by atoms with Gasteiger partial charge in [0.2, 0.25) is 11.8 Å². The van der Waals surface area contributed by atoms with Gasteiger partial charge in [-0.3, -0.25) is 19.8 Å². The van der Waals surface area contributed by atoms with Gasteiger partial charge in [-0.15, -0.1) is 0 Å². The predicted octanol–water partition coefficient (Wildman–Crippen LogP) is 2.44. The summed E-state index contributed by atoms with van der Waals surface area (Å²) in [6, 6.07) is 7.13. The van der Waals surface area contributed by atoms with Crippen molar-refractivity contribution in [2.75, 3.05) is 7.11 Å². The summed E-state index contributed by atoms with van der Waals surface area (Å²) in [6.45, 7) is 0. The zero-order valence-corrected chi connectivity index (χ0v) is 17.1. The quantitative estimate of drug-likeness (QED) is 0.481. The number of hydroxylamine groups is 1. The second kappa shape index (κ2) is 8.73. The van der Waals surface area contributed by atoms with Gasteiger partial charge in [0.15, 0.2) is 6.10 Å². The molecule has 1 aliphatic heterocycles. The number of nitrogens with two attached hydrogens (primary N) is 1. The molecule has 2 aliphatic rings. The molecular weight excluding hydrogens is 400 g/mol. The van der Waals surface area contributed by atoms with Crippen molar-refractivity contribution >= 4 is 17.5 Å². The van der Waals surface area contributed by atoms with Crippen LogP contribution in [0.25, 0.3) is 0 Å². The Morgan fingerprint density at radius 2 is 2.00 bits per heavy atom. The van der Waals surface area contributed by atoms with Crippen LogP contribution >= 0.6 is 0 Å². The molecule has 0 radical (unpaired) electrons. The van der Waals surface area contributed by atoms with E-state index in [2.05, 4.69) is 10.1 Å². The molecule has 1 aliphatic carbocycles. The fraction of sp³-hybridized carbons (Fsp3) is 0.364. The second-order valence-corrected chi connectivity index (χ2v) is 7.71. The molecule has 2 aromatic rings. The second-order valence-electron chi connectivity index (χ2n) is 7.71. The molecule has 0 bridgehead atoms. The third-order valence-electron chi connectivity index (χ3n) is 6.06. The number of nitrogens with one attached hydrogen (secondary N) is 1. The number of pyridine rings is 1. The number of methoxy groups -OCH3 is 1. The van der Waals surface area contributed by atoms with E-state index in [1.165, 1.54) is 7.11 Å². The number of primary amides is 1. The first kappa shape index (κ1) is 20.8. The largest absolute Gasteiger partial charge is 0.496 e. The lowest BCUT2D eigenvalue weighted by atomic mass is 9.82. The molecule has 1 fully saturated rings. The summed E-state index contributed by atoms with van der Waals surface area (Å²) in [5.74, 6) is -1.41. The number of amides is 2. The van der Waals surface area contributed by atoms with E-state index in [1.807, 2.05) is 12.1 Å². The minimum atomic E-state index is -0.601. The Kier molecular flexibility index (Phi) is 5.85. The van der Waals surface area contributed by atoms with Gasteiger partial charge in [0.25, 0.3) is 0 Å². The van der Waals surface area contributed by atoms with Crippen LogP contribution in [0.15, 0.2) is 41.8 Å². The van der Waals surface area contributed by atoms with E-state index in [-0.39, 0.29) is 5.92 Å². The predicted molar refractivity (Wildman–Crippen MR) is 111 cm³/mol. The van der Waals surface area contributed by atoms with Gasteiger partial charge in [-0.1, -0.05) is 17.6 Å². The SMILES string of the molecule is COc1c(C2CC(c3ccncc3)=NO2)ccc(C(N)=O)c1[C@@H]1CCC[C@@H]1C(=O)NO. The molecule has 1 aromatic carbocycles. The summed E-state index contributed by atoms with van der Waals surface area (Å²) >= 11 is 0. The van der Waals surface area contributed by atoms with Crippen LogP contribution < -0.4 is 16.0 Å². The van der Waals surface area contributed by atoms with Gasteiger partial charge >= 0.3 is 0 Å². The van der Waals surface area contributed by atoms with Gasteiger partial charge in [-0.2, -0.15) is 0 Å². The van der Waals surface area contributed by atoms with Crippen molar-refractivity contribution in [2.45, 2.75) is 37.7 Å². The molecule has 0 spiro atoms. The van der Waals surface area contributed by atoms with Crippen molar-refractivity contribution in [3.8, 4) is 5.75 Å². The fourth-order valence-corrected chi connectivity index (χ4v) is 4.64. The summed E-state index contributed by atoms with van der Waals surface area (Å²) < 4.78 is 5.75. The van der Waals surface area contributed by atoms with Gasteiger partial charge < -0.3 is 15.3 Å². The number of ether oxygens (including phenoxy) is 1. The number of hydrogen-bond acceptors (Lipinski definition) is 7. The summed E-state index contributed by atoms with van der Waals surface area (Å²) in [7, 11) is 1.52. The highest BCUT2D eigenvalue weighted by Crippen LogP contribution is 2.48. The highest BCUT2D eigenvalue weighted by atomic mass is 16.6. The molecule has 9 nitrogen and oxygen atoms in total. The molecule has 1 saturated carbocycles. The highest BCUT2D eigenvalue weighted by Gasteiger charge is 2.39. The van der Waals surface area contributed by atoms with E-state index >= 15 is 0 Å². The Bertz CT molecular complexity index is 1020. The first-order valence-corrected chi connectivity index (χ1v) is 10.1. The lowest BCUT2D eigenvalue weighted by molar-refractivity contribution is -0.133. The monoisotopic (exact) mass is 424 g/mol. The third-order valence-corrected chi connectivity index (χ3v) is 6.06. The van der Waals surface area contributed by atoms with Gasteiger partial charge in [0.05, 0.1) is 12.8 Å². The number of benzene rings is 1. The van der Waals surface area contributed by atoms with Crippen LogP contribution in [0.1, 0.15) is 64.8 Å². The van der Waals surface area contributed by atoms with Crippen molar-refractivity contribution in [2.24, 2.45) is 16.8 Å². The number of nitrogens with zero attached hydrogens (tertiary/aromatic N) is 2. The molecule has 1 aromatic heterocycles. The number of aromatic nitrogens is 1. The lowest BCUT2D eigenvalue weighted by Gasteiger charge is -2.25. The van der Waals surface area contributed by atoms with Crippen LogP contribution in [-0.4, -0.2) is 34.8 Å². The highest BCUT2D eigenvalue weighted by molar-refractivity contribution is 6.01. The number of hydrogen-bond donors (Lipinski definition) is 3. The molecule has 162 valence electrons. The molecule has 3 atom stereocenters. The summed E-state index contributed by atoms with van der Waals surface area (Å²) in [6.07, 6.45) is 5.53.